The van der Waals surface area contributed by atoms with Gasteiger partial charge >= 0.3 is 0 Å². The molecule has 54 valence electrons. The summed E-state index contributed by atoms with van der Waals surface area (Å²) >= 11 is 0. The Labute approximate surface area is 60.2 Å². The molecular formula is C8H10O2. The van der Waals surface area contributed by atoms with Crippen LogP contribution in [0.25, 0.3) is 0 Å². The minimum absolute atomic E-state index is 0.0283. The van der Waals surface area contributed by atoms with Crippen LogP contribution in [0.2, 0.25) is 0 Å². The molecule has 0 fully saturated rings. The van der Waals surface area contributed by atoms with Crippen LogP contribution in [0.3, 0.4) is 0 Å². The highest BCUT2D eigenvalue weighted by Crippen LogP contribution is 2.15. The van der Waals surface area contributed by atoms with Crippen molar-refractivity contribution in [2.24, 2.45) is 0 Å². The van der Waals surface area contributed by atoms with E-state index in [4.69, 9.17) is 4.74 Å². The van der Waals surface area contributed by atoms with Crippen molar-refractivity contribution in [3.05, 3.63) is 23.5 Å². The monoisotopic (exact) mass is 138 g/mol. The van der Waals surface area contributed by atoms with Crippen LogP contribution in [0.4, 0.5) is 0 Å². The molecule has 0 saturated carbocycles. The number of carbonyl (C=O) groups is 1. The van der Waals surface area contributed by atoms with E-state index in [9.17, 15) is 4.79 Å². The molecule has 1 aliphatic rings. The van der Waals surface area contributed by atoms with Gasteiger partial charge in [0.25, 0.3) is 0 Å². The summed E-state index contributed by atoms with van der Waals surface area (Å²) in [5, 5.41) is 0. The van der Waals surface area contributed by atoms with E-state index in [0.717, 1.165) is 17.8 Å². The standard InChI is InChI=1S/C8H10O2/c1-6-3-7(9)5-8(4-6)10-2/h3,5H,4H2,1-2H3. The quantitative estimate of drug-likeness (QED) is 0.548. The maximum Gasteiger partial charge on any atom is 0.181 e. The molecule has 0 spiro atoms. The first-order chi connectivity index (χ1) is 4.72. The number of methoxy groups -OCH3 is 1. The van der Waals surface area contributed by atoms with Crippen LogP contribution in [0.15, 0.2) is 23.5 Å². The molecule has 0 heterocycles. The summed E-state index contributed by atoms with van der Waals surface area (Å²) in [5.74, 6) is 0.783. The molecule has 0 unspecified atom stereocenters. The maximum absolute atomic E-state index is 10.8. The number of allylic oxidation sites excluding steroid dienone is 3. The first-order valence-electron chi connectivity index (χ1n) is 3.18. The van der Waals surface area contributed by atoms with Gasteiger partial charge in [-0.15, -0.1) is 0 Å². The van der Waals surface area contributed by atoms with E-state index >= 15 is 0 Å². The maximum atomic E-state index is 10.8. The van der Waals surface area contributed by atoms with E-state index in [-0.39, 0.29) is 5.78 Å². The molecule has 0 saturated heterocycles. The second-order valence-electron chi connectivity index (χ2n) is 2.38. The van der Waals surface area contributed by atoms with E-state index in [1.54, 1.807) is 13.2 Å². The van der Waals surface area contributed by atoms with E-state index < -0.39 is 0 Å². The highest BCUT2D eigenvalue weighted by molar-refractivity contribution is 6.01. The third-order valence-electron chi connectivity index (χ3n) is 1.41. The molecule has 0 amide bonds. The van der Waals surface area contributed by atoms with Gasteiger partial charge < -0.3 is 4.74 Å². The number of ether oxygens (including phenoxy) is 1. The van der Waals surface area contributed by atoms with Crippen LogP contribution in [0, 0.1) is 0 Å². The van der Waals surface area contributed by atoms with Crippen molar-refractivity contribution >= 4 is 5.78 Å². The summed E-state index contributed by atoms with van der Waals surface area (Å²) in [6.07, 6.45) is 3.91. The number of ketones is 1. The number of rotatable bonds is 1. The van der Waals surface area contributed by atoms with Crippen LogP contribution < -0.4 is 0 Å². The van der Waals surface area contributed by atoms with Gasteiger partial charge in [-0.05, 0) is 13.0 Å². The molecule has 0 atom stereocenters. The molecule has 1 aliphatic carbocycles. The molecule has 2 heteroatoms. The van der Waals surface area contributed by atoms with Crippen molar-refractivity contribution in [3.63, 3.8) is 0 Å². The third kappa shape index (κ3) is 1.47. The summed E-state index contributed by atoms with van der Waals surface area (Å²) < 4.78 is 4.93. The predicted molar refractivity (Wildman–Crippen MR) is 38.5 cm³/mol. The topological polar surface area (TPSA) is 26.3 Å². The molecule has 0 radical (unpaired) electrons. The van der Waals surface area contributed by atoms with Gasteiger partial charge in [0.15, 0.2) is 5.78 Å². The highest BCUT2D eigenvalue weighted by atomic mass is 16.5. The molecule has 1 rings (SSSR count). The fourth-order valence-corrected chi connectivity index (χ4v) is 0.951. The van der Waals surface area contributed by atoms with Gasteiger partial charge in [0, 0.05) is 12.5 Å². The first-order valence-corrected chi connectivity index (χ1v) is 3.18. The Kier molecular flexibility index (Phi) is 1.90. The molecular weight excluding hydrogens is 128 g/mol. The smallest absolute Gasteiger partial charge is 0.181 e. The minimum Gasteiger partial charge on any atom is -0.501 e. The van der Waals surface area contributed by atoms with Crippen molar-refractivity contribution in [1.29, 1.82) is 0 Å². The summed E-state index contributed by atoms with van der Waals surface area (Å²) in [6.45, 7) is 1.92. The third-order valence-corrected chi connectivity index (χ3v) is 1.41. The Bertz CT molecular complexity index is 211. The predicted octanol–water partition coefficient (Wildman–Crippen LogP) is 1.44. The highest BCUT2D eigenvalue weighted by Gasteiger charge is 2.07. The second kappa shape index (κ2) is 2.69. The van der Waals surface area contributed by atoms with Crippen LogP contribution in [0.1, 0.15) is 13.3 Å². The van der Waals surface area contributed by atoms with Gasteiger partial charge in [-0.3, -0.25) is 4.79 Å². The molecule has 0 aromatic rings. The molecule has 0 N–H and O–H groups in total. The van der Waals surface area contributed by atoms with E-state index in [1.165, 1.54) is 6.08 Å². The Balaban J connectivity index is 2.75. The zero-order valence-electron chi connectivity index (χ0n) is 6.18. The minimum atomic E-state index is 0.0283. The van der Waals surface area contributed by atoms with Gasteiger partial charge in [-0.1, -0.05) is 5.57 Å². The van der Waals surface area contributed by atoms with Crippen molar-refractivity contribution < 1.29 is 9.53 Å². The van der Waals surface area contributed by atoms with Crippen LogP contribution in [0.5, 0.6) is 0 Å². The fourth-order valence-electron chi connectivity index (χ4n) is 0.951. The summed E-state index contributed by atoms with van der Waals surface area (Å²) in [5.41, 5.74) is 1.06. The molecule has 10 heavy (non-hydrogen) atoms. The summed E-state index contributed by atoms with van der Waals surface area (Å²) in [4.78, 5) is 10.8. The van der Waals surface area contributed by atoms with Gasteiger partial charge in [-0.25, -0.2) is 0 Å². The normalized spacial score (nSPS) is 18.0. The van der Waals surface area contributed by atoms with Crippen molar-refractivity contribution in [1.82, 2.24) is 0 Å². The van der Waals surface area contributed by atoms with Crippen molar-refractivity contribution in [2.45, 2.75) is 13.3 Å². The Morgan fingerprint density at radius 1 is 1.50 bits per heavy atom. The lowest BCUT2D eigenvalue weighted by atomic mass is 10.1. The van der Waals surface area contributed by atoms with Gasteiger partial charge in [-0.2, -0.15) is 0 Å². The Morgan fingerprint density at radius 2 is 2.20 bits per heavy atom. The van der Waals surface area contributed by atoms with Crippen molar-refractivity contribution in [2.75, 3.05) is 7.11 Å². The van der Waals surface area contributed by atoms with E-state index in [1.807, 2.05) is 6.92 Å². The van der Waals surface area contributed by atoms with Crippen LogP contribution in [-0.4, -0.2) is 12.9 Å². The number of hydrogen-bond acceptors (Lipinski definition) is 2. The Hall–Kier alpha value is -1.05. The first kappa shape index (κ1) is 7.06. The SMILES string of the molecule is COC1=CC(=O)C=C(C)C1. The lowest BCUT2D eigenvalue weighted by molar-refractivity contribution is -0.110. The average Bonchev–Trinajstić information content (AvgIpc) is 1.85. The zero-order valence-corrected chi connectivity index (χ0v) is 6.18. The molecule has 0 bridgehead atoms. The van der Waals surface area contributed by atoms with E-state index in [2.05, 4.69) is 0 Å². The van der Waals surface area contributed by atoms with Gasteiger partial charge in [0.1, 0.15) is 5.76 Å². The van der Waals surface area contributed by atoms with Gasteiger partial charge in [0.05, 0.1) is 7.11 Å². The lowest BCUT2D eigenvalue weighted by Crippen LogP contribution is -2.01. The summed E-state index contributed by atoms with van der Waals surface area (Å²) in [6, 6.07) is 0. The second-order valence-corrected chi connectivity index (χ2v) is 2.38. The molecule has 2 nitrogen and oxygen atoms in total. The largest absolute Gasteiger partial charge is 0.501 e. The average molecular weight is 138 g/mol. The molecule has 0 aliphatic heterocycles. The summed E-state index contributed by atoms with van der Waals surface area (Å²) in [7, 11) is 1.58. The van der Waals surface area contributed by atoms with E-state index in [0.29, 0.717) is 0 Å². The van der Waals surface area contributed by atoms with Crippen LogP contribution in [-0.2, 0) is 9.53 Å². The molecule has 0 aromatic heterocycles. The molecule has 0 aromatic carbocycles. The lowest BCUT2D eigenvalue weighted by Gasteiger charge is -2.09. The zero-order chi connectivity index (χ0) is 7.56. The van der Waals surface area contributed by atoms with Crippen LogP contribution >= 0.6 is 0 Å². The van der Waals surface area contributed by atoms with Gasteiger partial charge in [0.2, 0.25) is 0 Å². The Morgan fingerprint density at radius 3 is 2.70 bits per heavy atom. The number of hydrogen-bond donors (Lipinski definition) is 0. The van der Waals surface area contributed by atoms with Crippen molar-refractivity contribution in [3.8, 4) is 0 Å². The fraction of sp³-hybridized carbons (Fsp3) is 0.375. The number of carbonyl (C=O) groups excluding carboxylic acids is 1.